The van der Waals surface area contributed by atoms with Gasteiger partial charge in [0.2, 0.25) is 0 Å². The molecule has 23 heavy (non-hydrogen) atoms. The van der Waals surface area contributed by atoms with Gasteiger partial charge >= 0.3 is 5.97 Å². The maximum Gasteiger partial charge on any atom is 0.303 e. The van der Waals surface area contributed by atoms with Gasteiger partial charge in [0.15, 0.2) is 0 Å². The molecular weight excluding hydrogens is 288 g/mol. The van der Waals surface area contributed by atoms with E-state index in [1.54, 1.807) is 0 Å². The second-order valence-corrected chi connectivity index (χ2v) is 5.50. The van der Waals surface area contributed by atoms with E-state index in [0.717, 1.165) is 24.0 Å². The van der Waals surface area contributed by atoms with Crippen molar-refractivity contribution >= 4 is 12.0 Å². The zero-order valence-electron chi connectivity index (χ0n) is 13.8. The summed E-state index contributed by atoms with van der Waals surface area (Å²) in [6, 6.07) is 7.62. The molecule has 0 aromatic heterocycles. The Morgan fingerprint density at radius 3 is 2.78 bits per heavy atom. The third kappa shape index (κ3) is 8.23. The molecule has 0 aliphatic carbocycles. The molecule has 2 N–H and O–H groups in total. The summed E-state index contributed by atoms with van der Waals surface area (Å²) in [7, 11) is 0. The lowest BCUT2D eigenvalue weighted by Crippen LogP contribution is -1.97. The number of aliphatic carboxylic acids is 1. The van der Waals surface area contributed by atoms with Crippen LogP contribution in [0.5, 0.6) is 0 Å². The summed E-state index contributed by atoms with van der Waals surface area (Å²) in [6.45, 7) is 2.15. The molecule has 1 unspecified atom stereocenters. The number of hydrogen-bond acceptors (Lipinski definition) is 2. The summed E-state index contributed by atoms with van der Waals surface area (Å²) in [6.07, 6.45) is 8.82. The quantitative estimate of drug-likeness (QED) is 0.518. The Morgan fingerprint density at radius 1 is 1.26 bits per heavy atom. The van der Waals surface area contributed by atoms with Crippen LogP contribution in [0.15, 0.2) is 30.3 Å². The van der Waals surface area contributed by atoms with Gasteiger partial charge in [0.1, 0.15) is 6.10 Å². The zero-order valence-corrected chi connectivity index (χ0v) is 13.8. The summed E-state index contributed by atoms with van der Waals surface area (Å²) in [5, 5.41) is 18.9. The van der Waals surface area contributed by atoms with Crippen molar-refractivity contribution in [2.24, 2.45) is 0 Å². The molecule has 0 radical (unpaired) electrons. The number of benzene rings is 1. The third-order valence-electron chi connectivity index (χ3n) is 3.49. The average molecular weight is 314 g/mol. The molecule has 1 atom stereocenters. The van der Waals surface area contributed by atoms with Gasteiger partial charge in [-0.25, -0.2) is 0 Å². The van der Waals surface area contributed by atoms with Crippen molar-refractivity contribution in [1.29, 1.82) is 0 Å². The van der Waals surface area contributed by atoms with Crippen molar-refractivity contribution in [3.63, 3.8) is 0 Å². The number of unbranched alkanes of at least 4 members (excludes halogenated alkanes) is 4. The predicted octanol–water partition coefficient (Wildman–Crippen LogP) is 4.57. The number of aliphatic hydroxyl groups excluding tert-OH is 1. The van der Waals surface area contributed by atoms with Gasteiger partial charge in [-0.05, 0) is 30.4 Å². The van der Waals surface area contributed by atoms with Gasteiger partial charge in [-0.2, -0.15) is 0 Å². The first-order valence-corrected chi connectivity index (χ1v) is 8.29. The zero-order chi connectivity index (χ0) is 16.9. The van der Waals surface area contributed by atoms with Crippen LogP contribution < -0.4 is 0 Å². The van der Waals surface area contributed by atoms with Crippen molar-refractivity contribution in [1.82, 2.24) is 0 Å². The molecule has 0 spiro atoms. The molecule has 3 nitrogen and oxygen atoms in total. The fraction of sp³-hybridized carbons (Fsp3) is 0.450. The van der Waals surface area contributed by atoms with Crippen LogP contribution in [0.4, 0.5) is 0 Å². The van der Waals surface area contributed by atoms with E-state index in [9.17, 15) is 9.90 Å². The lowest BCUT2D eigenvalue weighted by molar-refractivity contribution is -0.137. The van der Waals surface area contributed by atoms with E-state index in [1.807, 2.05) is 36.4 Å². The van der Waals surface area contributed by atoms with Crippen molar-refractivity contribution < 1.29 is 15.0 Å². The topological polar surface area (TPSA) is 57.5 Å². The minimum absolute atomic E-state index is 0.178. The van der Waals surface area contributed by atoms with E-state index in [0.29, 0.717) is 12.8 Å². The molecule has 0 fully saturated rings. The molecule has 124 valence electrons. The highest BCUT2D eigenvalue weighted by molar-refractivity contribution is 5.66. The molecule has 0 bridgehead atoms. The highest BCUT2D eigenvalue weighted by atomic mass is 16.4. The maximum absolute atomic E-state index is 10.5. The number of allylic oxidation sites excluding steroid dienone is 1. The summed E-state index contributed by atoms with van der Waals surface area (Å²) >= 11 is 0. The van der Waals surface area contributed by atoms with Crippen LogP contribution in [0, 0.1) is 11.8 Å². The molecule has 0 amide bonds. The molecule has 1 aromatic carbocycles. The van der Waals surface area contributed by atoms with Crippen LogP contribution in [0.1, 0.15) is 69.1 Å². The Bertz CT molecular complexity index is 564. The first-order valence-electron chi connectivity index (χ1n) is 8.29. The first kappa shape index (κ1) is 19.0. The highest BCUT2D eigenvalue weighted by Gasteiger charge is 2.07. The van der Waals surface area contributed by atoms with Crippen LogP contribution in [-0.2, 0) is 4.79 Å². The summed E-state index contributed by atoms with van der Waals surface area (Å²) < 4.78 is 0. The van der Waals surface area contributed by atoms with E-state index >= 15 is 0 Å². The molecule has 1 aromatic rings. The fourth-order valence-corrected chi connectivity index (χ4v) is 2.20. The van der Waals surface area contributed by atoms with E-state index in [-0.39, 0.29) is 6.42 Å². The van der Waals surface area contributed by atoms with E-state index in [2.05, 4.69) is 18.8 Å². The third-order valence-corrected chi connectivity index (χ3v) is 3.49. The van der Waals surface area contributed by atoms with Gasteiger partial charge in [0, 0.05) is 12.8 Å². The van der Waals surface area contributed by atoms with Crippen LogP contribution in [0.25, 0.3) is 6.08 Å². The Hall–Kier alpha value is -2.05. The predicted molar refractivity (Wildman–Crippen MR) is 93.8 cm³/mol. The van der Waals surface area contributed by atoms with Crippen LogP contribution in [-0.4, -0.2) is 16.2 Å². The Kier molecular flexibility index (Phi) is 9.51. The number of rotatable bonds is 9. The molecule has 0 heterocycles. The molecule has 0 saturated carbocycles. The SMILES string of the molecule is CCCCCC#CC(O)c1ccccc1/C=C\CCCC(=O)O. The molecule has 3 heteroatoms. The van der Waals surface area contributed by atoms with Gasteiger partial charge in [-0.15, -0.1) is 5.92 Å². The summed E-state index contributed by atoms with van der Waals surface area (Å²) in [4.78, 5) is 10.5. The minimum Gasteiger partial charge on any atom is -0.481 e. The molecule has 1 rings (SSSR count). The van der Waals surface area contributed by atoms with E-state index in [1.165, 1.54) is 12.8 Å². The Morgan fingerprint density at radius 2 is 2.04 bits per heavy atom. The summed E-state index contributed by atoms with van der Waals surface area (Å²) in [5.74, 6) is 5.18. The monoisotopic (exact) mass is 314 g/mol. The van der Waals surface area contributed by atoms with Gasteiger partial charge in [-0.3, -0.25) is 4.79 Å². The van der Waals surface area contributed by atoms with E-state index in [4.69, 9.17) is 5.11 Å². The molecule has 0 aliphatic heterocycles. The molecule has 0 aliphatic rings. The fourth-order valence-electron chi connectivity index (χ4n) is 2.20. The Balaban J connectivity index is 2.61. The van der Waals surface area contributed by atoms with E-state index < -0.39 is 12.1 Å². The number of hydrogen-bond donors (Lipinski definition) is 2. The lowest BCUT2D eigenvalue weighted by atomic mass is 10.0. The van der Waals surface area contributed by atoms with Crippen molar-refractivity contribution in [3.8, 4) is 11.8 Å². The van der Waals surface area contributed by atoms with Crippen molar-refractivity contribution in [2.75, 3.05) is 0 Å². The number of carbonyl (C=O) groups is 1. The van der Waals surface area contributed by atoms with Crippen LogP contribution in [0.2, 0.25) is 0 Å². The first-order chi connectivity index (χ1) is 11.1. The smallest absolute Gasteiger partial charge is 0.303 e. The number of carboxylic acids is 1. The number of carboxylic acid groups (broad SMARTS) is 1. The maximum atomic E-state index is 10.5. The lowest BCUT2D eigenvalue weighted by Gasteiger charge is -2.08. The van der Waals surface area contributed by atoms with Crippen molar-refractivity contribution in [3.05, 3.63) is 41.5 Å². The molecule has 0 saturated heterocycles. The van der Waals surface area contributed by atoms with Crippen molar-refractivity contribution in [2.45, 2.75) is 58.0 Å². The normalized spacial score (nSPS) is 11.9. The van der Waals surface area contributed by atoms with Crippen LogP contribution in [0.3, 0.4) is 0 Å². The minimum atomic E-state index is -0.781. The van der Waals surface area contributed by atoms with Gasteiger partial charge in [0.25, 0.3) is 0 Å². The average Bonchev–Trinajstić information content (AvgIpc) is 2.54. The van der Waals surface area contributed by atoms with Crippen LogP contribution >= 0.6 is 0 Å². The second-order valence-electron chi connectivity index (χ2n) is 5.50. The standard InChI is InChI=1S/C20H26O3/c1-2-3-4-5-8-15-19(21)18-14-11-10-13-17(18)12-7-6-9-16-20(22)23/h7,10-14,19,21H,2-6,9,16H2,1H3,(H,22,23)/b12-7-. The molecular formula is C20H26O3. The van der Waals surface area contributed by atoms with Gasteiger partial charge in [-0.1, -0.05) is 62.1 Å². The highest BCUT2D eigenvalue weighted by Crippen LogP contribution is 2.19. The van der Waals surface area contributed by atoms with Gasteiger partial charge < -0.3 is 10.2 Å². The largest absolute Gasteiger partial charge is 0.481 e. The summed E-state index contributed by atoms with van der Waals surface area (Å²) in [5.41, 5.74) is 1.73. The Labute approximate surface area is 139 Å². The number of aliphatic hydroxyl groups is 1. The second kappa shape index (κ2) is 11.5. The van der Waals surface area contributed by atoms with Gasteiger partial charge in [0.05, 0.1) is 0 Å².